The number of para-hydroxylation sites is 2. The average molecular weight is 589 g/mol. The summed E-state index contributed by atoms with van der Waals surface area (Å²) in [4.78, 5) is 43.9. The summed E-state index contributed by atoms with van der Waals surface area (Å²) in [7, 11) is 4.45. The predicted octanol–water partition coefficient (Wildman–Crippen LogP) is 5.80. The number of benzene rings is 3. The van der Waals surface area contributed by atoms with Gasteiger partial charge in [-0.05, 0) is 42.3 Å². The molecule has 4 rings (SSSR count). The molecule has 218 valence electrons. The summed E-state index contributed by atoms with van der Waals surface area (Å²) >= 11 is 1.26. The van der Waals surface area contributed by atoms with Crippen molar-refractivity contribution in [1.29, 1.82) is 0 Å². The quantitative estimate of drug-likeness (QED) is 0.202. The fraction of sp³-hybridized carbons (Fsp3) is 0.226. The summed E-state index contributed by atoms with van der Waals surface area (Å²) in [6.45, 7) is 3.89. The number of hydrogen-bond donors (Lipinski definition) is 3. The van der Waals surface area contributed by atoms with Crippen LogP contribution in [-0.4, -0.2) is 44.0 Å². The van der Waals surface area contributed by atoms with E-state index in [1.54, 1.807) is 53.9 Å². The second-order valence-electron chi connectivity index (χ2n) is 9.50. The van der Waals surface area contributed by atoms with Crippen molar-refractivity contribution >= 4 is 40.4 Å². The SMILES string of the molecule is COc1cc(C(=O)NC(c2nc(C(=O)Nc3ccccc3C(=O)Nc3ccccc3)cs2)C(C)C)cc(OC)c1OC. The summed E-state index contributed by atoms with van der Waals surface area (Å²) in [6.07, 6.45) is 0. The van der Waals surface area contributed by atoms with Gasteiger partial charge in [0, 0.05) is 16.6 Å². The first-order valence-corrected chi connectivity index (χ1v) is 14.0. The monoisotopic (exact) mass is 588 g/mol. The van der Waals surface area contributed by atoms with E-state index in [0.29, 0.717) is 44.8 Å². The van der Waals surface area contributed by atoms with Gasteiger partial charge in [0.2, 0.25) is 5.75 Å². The number of carbonyl (C=O) groups is 3. The number of aromatic nitrogens is 1. The highest BCUT2D eigenvalue weighted by molar-refractivity contribution is 7.10. The van der Waals surface area contributed by atoms with Crippen molar-refractivity contribution in [2.24, 2.45) is 5.92 Å². The Morgan fingerprint density at radius 1 is 0.786 bits per heavy atom. The van der Waals surface area contributed by atoms with Crippen LogP contribution in [0.15, 0.2) is 72.1 Å². The van der Waals surface area contributed by atoms with Gasteiger partial charge in [0.05, 0.1) is 38.6 Å². The van der Waals surface area contributed by atoms with Crippen molar-refractivity contribution in [2.75, 3.05) is 32.0 Å². The molecule has 11 heteroatoms. The van der Waals surface area contributed by atoms with Gasteiger partial charge in [-0.25, -0.2) is 4.98 Å². The van der Waals surface area contributed by atoms with Crippen LogP contribution in [0, 0.1) is 5.92 Å². The Labute approximate surface area is 248 Å². The number of anilines is 2. The molecule has 3 aromatic carbocycles. The van der Waals surface area contributed by atoms with Crippen molar-refractivity contribution < 1.29 is 28.6 Å². The molecule has 42 heavy (non-hydrogen) atoms. The van der Waals surface area contributed by atoms with Gasteiger partial charge in [0.1, 0.15) is 10.7 Å². The lowest BCUT2D eigenvalue weighted by molar-refractivity contribution is 0.0924. The zero-order valence-corrected chi connectivity index (χ0v) is 24.7. The molecule has 1 atom stereocenters. The molecule has 10 nitrogen and oxygen atoms in total. The van der Waals surface area contributed by atoms with Crippen LogP contribution in [0.3, 0.4) is 0 Å². The van der Waals surface area contributed by atoms with Gasteiger partial charge in [0.25, 0.3) is 17.7 Å². The predicted molar refractivity (Wildman–Crippen MR) is 162 cm³/mol. The van der Waals surface area contributed by atoms with Crippen LogP contribution in [0.25, 0.3) is 0 Å². The van der Waals surface area contributed by atoms with E-state index >= 15 is 0 Å². The van der Waals surface area contributed by atoms with Crippen molar-refractivity contribution in [3.63, 3.8) is 0 Å². The highest BCUT2D eigenvalue weighted by Crippen LogP contribution is 2.38. The van der Waals surface area contributed by atoms with Crippen LogP contribution in [0.4, 0.5) is 11.4 Å². The Balaban J connectivity index is 1.51. The second kappa shape index (κ2) is 13.6. The summed E-state index contributed by atoms with van der Waals surface area (Å²) < 4.78 is 16.1. The molecule has 3 N–H and O–H groups in total. The van der Waals surface area contributed by atoms with Gasteiger partial charge < -0.3 is 30.2 Å². The molecule has 1 heterocycles. The van der Waals surface area contributed by atoms with E-state index in [1.807, 2.05) is 32.0 Å². The number of thiazole rings is 1. The highest BCUT2D eigenvalue weighted by atomic mass is 32.1. The molecule has 0 saturated heterocycles. The number of nitrogens with one attached hydrogen (secondary N) is 3. The number of amides is 3. The van der Waals surface area contributed by atoms with E-state index < -0.39 is 11.9 Å². The molecule has 0 radical (unpaired) electrons. The fourth-order valence-corrected chi connectivity index (χ4v) is 5.20. The minimum Gasteiger partial charge on any atom is -0.493 e. The maximum Gasteiger partial charge on any atom is 0.275 e. The first-order valence-electron chi connectivity index (χ1n) is 13.1. The smallest absolute Gasteiger partial charge is 0.275 e. The summed E-state index contributed by atoms with van der Waals surface area (Å²) in [5.41, 5.74) is 1.78. The van der Waals surface area contributed by atoms with Crippen LogP contribution < -0.4 is 30.2 Å². The van der Waals surface area contributed by atoms with Gasteiger partial charge >= 0.3 is 0 Å². The van der Waals surface area contributed by atoms with E-state index in [1.165, 1.54) is 32.7 Å². The number of hydrogen-bond acceptors (Lipinski definition) is 8. The molecule has 3 amide bonds. The van der Waals surface area contributed by atoms with Crippen LogP contribution >= 0.6 is 11.3 Å². The Bertz CT molecular complexity index is 1550. The van der Waals surface area contributed by atoms with Gasteiger partial charge in [-0.3, -0.25) is 14.4 Å². The van der Waals surface area contributed by atoms with Gasteiger partial charge in [-0.1, -0.05) is 44.2 Å². The topological polar surface area (TPSA) is 128 Å². The molecule has 0 spiro atoms. The van der Waals surface area contributed by atoms with E-state index in [9.17, 15) is 14.4 Å². The third-order valence-electron chi connectivity index (χ3n) is 6.35. The van der Waals surface area contributed by atoms with Crippen molar-refractivity contribution in [3.05, 3.63) is 93.9 Å². The van der Waals surface area contributed by atoms with Gasteiger partial charge in [-0.15, -0.1) is 11.3 Å². The lowest BCUT2D eigenvalue weighted by atomic mass is 10.0. The first kappa shape index (κ1) is 30.1. The molecule has 0 bridgehead atoms. The van der Waals surface area contributed by atoms with Crippen molar-refractivity contribution in [3.8, 4) is 17.2 Å². The Morgan fingerprint density at radius 3 is 2.05 bits per heavy atom. The summed E-state index contributed by atoms with van der Waals surface area (Å²) in [6, 6.07) is 18.5. The third-order valence-corrected chi connectivity index (χ3v) is 7.28. The van der Waals surface area contributed by atoms with Crippen LogP contribution in [-0.2, 0) is 0 Å². The van der Waals surface area contributed by atoms with E-state index in [2.05, 4.69) is 20.9 Å². The highest BCUT2D eigenvalue weighted by Gasteiger charge is 2.26. The number of carbonyl (C=O) groups excluding carboxylic acids is 3. The minimum absolute atomic E-state index is 0.0412. The zero-order valence-electron chi connectivity index (χ0n) is 23.9. The van der Waals surface area contributed by atoms with Crippen molar-refractivity contribution in [2.45, 2.75) is 19.9 Å². The second-order valence-corrected chi connectivity index (χ2v) is 10.4. The first-order chi connectivity index (χ1) is 20.2. The average Bonchev–Trinajstić information content (AvgIpc) is 3.49. The molecular weight excluding hydrogens is 556 g/mol. The molecule has 0 aliphatic rings. The molecule has 1 aromatic heterocycles. The van der Waals surface area contributed by atoms with E-state index in [4.69, 9.17) is 14.2 Å². The molecule has 0 fully saturated rings. The number of ether oxygens (including phenoxy) is 3. The minimum atomic E-state index is -0.480. The number of methoxy groups -OCH3 is 3. The Hall–Kier alpha value is -4.90. The largest absolute Gasteiger partial charge is 0.493 e. The third kappa shape index (κ3) is 6.87. The summed E-state index contributed by atoms with van der Waals surface area (Å²) in [5, 5.41) is 10.8. The number of nitrogens with zero attached hydrogens (tertiary/aromatic N) is 1. The molecular formula is C31H32N4O6S. The lowest BCUT2D eigenvalue weighted by Gasteiger charge is -2.21. The Kier molecular flexibility index (Phi) is 9.77. The van der Waals surface area contributed by atoms with E-state index in [-0.39, 0.29) is 23.4 Å². The van der Waals surface area contributed by atoms with E-state index in [0.717, 1.165) is 0 Å². The molecule has 0 aliphatic heterocycles. The van der Waals surface area contributed by atoms with Crippen molar-refractivity contribution in [1.82, 2.24) is 10.3 Å². The normalized spacial score (nSPS) is 11.4. The Morgan fingerprint density at radius 2 is 1.43 bits per heavy atom. The van der Waals surface area contributed by atoms with Gasteiger partial charge in [0.15, 0.2) is 11.5 Å². The van der Waals surface area contributed by atoms with Crippen LogP contribution in [0.1, 0.15) is 56.1 Å². The zero-order chi connectivity index (χ0) is 30.2. The molecule has 0 aliphatic carbocycles. The molecule has 0 saturated carbocycles. The van der Waals surface area contributed by atoms with Gasteiger partial charge in [-0.2, -0.15) is 0 Å². The maximum atomic E-state index is 13.3. The maximum absolute atomic E-state index is 13.3. The lowest BCUT2D eigenvalue weighted by Crippen LogP contribution is -2.32. The number of rotatable bonds is 11. The van der Waals surface area contributed by atoms with Crippen LogP contribution in [0.2, 0.25) is 0 Å². The van der Waals surface area contributed by atoms with Crippen LogP contribution in [0.5, 0.6) is 17.2 Å². The fourth-order valence-electron chi connectivity index (χ4n) is 4.18. The standard InChI is InChI=1S/C31H32N4O6S/c1-18(2)26(35-28(36)19-15-24(39-3)27(41-5)25(16-19)40-4)31-34-23(17-42-31)30(38)33-22-14-10-9-13-21(22)29(37)32-20-11-7-6-8-12-20/h6-18,26H,1-5H3,(H,32,37)(H,33,38)(H,35,36). The molecule has 4 aromatic rings. The summed E-state index contributed by atoms with van der Waals surface area (Å²) in [5.74, 6) is -0.149. The molecule has 1 unspecified atom stereocenters.